The molecule has 0 aromatic heterocycles. The van der Waals surface area contributed by atoms with Gasteiger partial charge in [-0.3, -0.25) is 0 Å². The topological polar surface area (TPSA) is 35.5 Å². The molecule has 136 valence electrons. The summed E-state index contributed by atoms with van der Waals surface area (Å²) in [5, 5.41) is 0. The molecule has 0 saturated carbocycles. The minimum Gasteiger partial charge on any atom is -0.497 e. The van der Waals surface area contributed by atoms with Crippen molar-refractivity contribution < 1.29 is 27.4 Å². The summed E-state index contributed by atoms with van der Waals surface area (Å²) in [6.45, 7) is 0. The first-order valence-corrected chi connectivity index (χ1v) is 7.63. The van der Waals surface area contributed by atoms with Crippen LogP contribution in [0.5, 0.6) is 5.75 Å². The van der Waals surface area contributed by atoms with E-state index in [1.165, 1.54) is 37.5 Å². The van der Waals surface area contributed by atoms with Crippen molar-refractivity contribution in [1.29, 1.82) is 0 Å². The number of methoxy groups -OCH3 is 2. The Morgan fingerprint density at radius 3 is 2.08 bits per heavy atom. The van der Waals surface area contributed by atoms with E-state index in [0.29, 0.717) is 11.3 Å². The molecule has 2 aromatic carbocycles. The van der Waals surface area contributed by atoms with Crippen LogP contribution in [0.4, 0.5) is 13.2 Å². The van der Waals surface area contributed by atoms with Crippen molar-refractivity contribution >= 4 is 17.6 Å². The van der Waals surface area contributed by atoms with Gasteiger partial charge in [0.25, 0.3) is 0 Å². The minimum atomic E-state index is -4.65. The van der Waals surface area contributed by atoms with Gasteiger partial charge in [0.05, 0.1) is 25.4 Å². The van der Waals surface area contributed by atoms with Crippen LogP contribution in [0.1, 0.15) is 11.1 Å². The van der Waals surface area contributed by atoms with Crippen molar-refractivity contribution in [3.8, 4) is 5.75 Å². The monoisotopic (exact) mass is 362 g/mol. The largest absolute Gasteiger partial charge is 0.497 e. The normalized spacial score (nSPS) is 12.7. The standard InChI is InChI=1S/C20H17F3O3/c1-25-17-10-8-15(9-11-17)18(20(21,22)23)13-16(19(24)26-2)12-14-6-4-3-5-7-14/h3-13H,1-2H3/b16-12+,18-13+. The molecule has 0 unspecified atom stereocenters. The van der Waals surface area contributed by atoms with Crippen molar-refractivity contribution in [2.24, 2.45) is 0 Å². The van der Waals surface area contributed by atoms with E-state index in [1.54, 1.807) is 30.3 Å². The molecule has 26 heavy (non-hydrogen) atoms. The number of allylic oxidation sites excluding steroid dienone is 1. The molecule has 0 N–H and O–H groups in total. The Kier molecular flexibility index (Phi) is 6.22. The summed E-state index contributed by atoms with van der Waals surface area (Å²) in [5.74, 6) is -0.424. The van der Waals surface area contributed by atoms with Gasteiger partial charge in [0.1, 0.15) is 5.75 Å². The highest BCUT2D eigenvalue weighted by Gasteiger charge is 2.35. The third kappa shape index (κ3) is 4.99. The van der Waals surface area contributed by atoms with E-state index >= 15 is 0 Å². The van der Waals surface area contributed by atoms with Crippen molar-refractivity contribution in [1.82, 2.24) is 0 Å². The predicted molar refractivity (Wildman–Crippen MR) is 93.5 cm³/mol. The van der Waals surface area contributed by atoms with E-state index in [4.69, 9.17) is 4.74 Å². The molecule has 0 saturated heterocycles. The van der Waals surface area contributed by atoms with Gasteiger partial charge in [-0.25, -0.2) is 4.79 Å². The molecule has 0 atom stereocenters. The van der Waals surface area contributed by atoms with Gasteiger partial charge in [-0.1, -0.05) is 42.5 Å². The fourth-order valence-electron chi connectivity index (χ4n) is 2.26. The number of halogens is 3. The first-order chi connectivity index (χ1) is 12.3. The van der Waals surface area contributed by atoms with E-state index in [9.17, 15) is 18.0 Å². The van der Waals surface area contributed by atoms with Crippen LogP contribution in [-0.2, 0) is 9.53 Å². The molecule has 0 radical (unpaired) electrons. The fourth-order valence-corrected chi connectivity index (χ4v) is 2.26. The Morgan fingerprint density at radius 2 is 1.58 bits per heavy atom. The number of hydrogen-bond acceptors (Lipinski definition) is 3. The molecule has 0 aliphatic carbocycles. The molecule has 0 fully saturated rings. The smallest absolute Gasteiger partial charge is 0.417 e. The second kappa shape index (κ2) is 8.38. The van der Waals surface area contributed by atoms with E-state index in [2.05, 4.69) is 4.74 Å². The van der Waals surface area contributed by atoms with Gasteiger partial charge in [-0.2, -0.15) is 13.2 Å². The maximum Gasteiger partial charge on any atom is 0.417 e. The van der Waals surface area contributed by atoms with Crippen molar-refractivity contribution in [3.63, 3.8) is 0 Å². The molecule has 0 heterocycles. The molecule has 3 nitrogen and oxygen atoms in total. The molecule has 6 heteroatoms. The minimum absolute atomic E-state index is 0.0823. The number of ether oxygens (including phenoxy) is 2. The average molecular weight is 362 g/mol. The Balaban J connectivity index is 2.56. The molecule has 0 spiro atoms. The summed E-state index contributed by atoms with van der Waals surface area (Å²) in [6.07, 6.45) is -2.51. The molecule has 0 amide bonds. The van der Waals surface area contributed by atoms with E-state index in [-0.39, 0.29) is 11.1 Å². The second-order valence-corrected chi connectivity index (χ2v) is 5.29. The summed E-state index contributed by atoms with van der Waals surface area (Å²) >= 11 is 0. The molecular weight excluding hydrogens is 345 g/mol. The van der Waals surface area contributed by atoms with Crippen LogP contribution in [0.3, 0.4) is 0 Å². The zero-order valence-electron chi connectivity index (χ0n) is 14.2. The van der Waals surface area contributed by atoms with Crippen LogP contribution in [0.2, 0.25) is 0 Å². The first kappa shape index (κ1) is 19.3. The van der Waals surface area contributed by atoms with Crippen LogP contribution in [-0.4, -0.2) is 26.4 Å². The van der Waals surface area contributed by atoms with E-state index in [1.807, 2.05) is 0 Å². The fraction of sp³-hybridized carbons (Fsp3) is 0.150. The van der Waals surface area contributed by atoms with Crippen LogP contribution in [0.15, 0.2) is 66.2 Å². The number of benzene rings is 2. The van der Waals surface area contributed by atoms with Gasteiger partial charge in [0.2, 0.25) is 0 Å². The SMILES string of the molecule is COC(=O)C(=C/c1ccccc1)/C=C(\c1ccc(OC)cc1)C(F)(F)F. The van der Waals surface area contributed by atoms with E-state index in [0.717, 1.165) is 13.2 Å². The van der Waals surface area contributed by atoms with Crippen molar-refractivity contribution in [2.75, 3.05) is 14.2 Å². The third-order valence-electron chi connectivity index (χ3n) is 3.55. The van der Waals surface area contributed by atoms with E-state index < -0.39 is 17.7 Å². The molecular formula is C20H17F3O3. The summed E-state index contributed by atoms with van der Waals surface area (Å²) in [7, 11) is 2.54. The van der Waals surface area contributed by atoms with Crippen molar-refractivity contribution in [3.05, 3.63) is 77.4 Å². The van der Waals surface area contributed by atoms with Crippen LogP contribution < -0.4 is 4.74 Å². The zero-order chi connectivity index (χ0) is 19.2. The third-order valence-corrected chi connectivity index (χ3v) is 3.55. The summed E-state index contributed by atoms with van der Waals surface area (Å²) in [5.41, 5.74) is -0.656. The summed E-state index contributed by atoms with van der Waals surface area (Å²) in [4.78, 5) is 12.0. The highest BCUT2D eigenvalue weighted by Crippen LogP contribution is 2.35. The molecule has 2 rings (SSSR count). The Bertz CT molecular complexity index is 804. The van der Waals surface area contributed by atoms with Gasteiger partial charge in [0.15, 0.2) is 0 Å². The average Bonchev–Trinajstić information content (AvgIpc) is 2.64. The number of hydrogen-bond donors (Lipinski definition) is 0. The van der Waals surface area contributed by atoms with Crippen LogP contribution in [0.25, 0.3) is 11.6 Å². The first-order valence-electron chi connectivity index (χ1n) is 7.63. The lowest BCUT2D eigenvalue weighted by Gasteiger charge is -2.13. The van der Waals surface area contributed by atoms with Gasteiger partial charge in [-0.05, 0) is 35.4 Å². The predicted octanol–water partition coefficient (Wildman–Crippen LogP) is 4.90. The summed E-state index contributed by atoms with van der Waals surface area (Å²) in [6, 6.07) is 14.0. The molecule has 0 aliphatic heterocycles. The lowest BCUT2D eigenvalue weighted by atomic mass is 10.0. The quantitative estimate of drug-likeness (QED) is 0.431. The van der Waals surface area contributed by atoms with Gasteiger partial charge in [-0.15, -0.1) is 0 Å². The van der Waals surface area contributed by atoms with Crippen LogP contribution >= 0.6 is 0 Å². The molecule has 0 bridgehead atoms. The Labute approximate surface area is 149 Å². The number of alkyl halides is 3. The Morgan fingerprint density at radius 1 is 0.962 bits per heavy atom. The molecule has 0 aliphatic rings. The number of carbonyl (C=O) groups excluding carboxylic acids is 1. The van der Waals surface area contributed by atoms with Gasteiger partial charge in [0, 0.05) is 0 Å². The highest BCUT2D eigenvalue weighted by molar-refractivity contribution is 5.99. The number of esters is 1. The van der Waals surface area contributed by atoms with Gasteiger partial charge >= 0.3 is 12.1 Å². The second-order valence-electron chi connectivity index (χ2n) is 5.29. The number of carbonyl (C=O) groups is 1. The molecule has 2 aromatic rings. The lowest BCUT2D eigenvalue weighted by molar-refractivity contribution is -0.135. The van der Waals surface area contributed by atoms with Crippen molar-refractivity contribution in [2.45, 2.75) is 6.18 Å². The van der Waals surface area contributed by atoms with Gasteiger partial charge < -0.3 is 9.47 Å². The Hall–Kier alpha value is -3.02. The van der Waals surface area contributed by atoms with Crippen LogP contribution in [0, 0.1) is 0 Å². The lowest BCUT2D eigenvalue weighted by Crippen LogP contribution is -2.13. The maximum atomic E-state index is 13.6. The summed E-state index contributed by atoms with van der Waals surface area (Å²) < 4.78 is 50.3. The highest BCUT2D eigenvalue weighted by atomic mass is 19.4. The maximum absolute atomic E-state index is 13.6. The zero-order valence-corrected chi connectivity index (χ0v) is 14.2. The number of rotatable bonds is 5.